The highest BCUT2D eigenvalue weighted by molar-refractivity contribution is 5.97. The lowest BCUT2D eigenvalue weighted by Crippen LogP contribution is -2.57. The van der Waals surface area contributed by atoms with Gasteiger partial charge in [-0.1, -0.05) is 29.8 Å². The van der Waals surface area contributed by atoms with Crippen LogP contribution < -0.4 is 11.1 Å². The number of aromatic nitrogens is 1. The van der Waals surface area contributed by atoms with Gasteiger partial charge in [0.1, 0.15) is 6.04 Å². The maximum absolute atomic E-state index is 13.2. The first-order valence-corrected chi connectivity index (χ1v) is 11.6. The molecule has 1 aliphatic heterocycles. The third kappa shape index (κ3) is 5.34. The van der Waals surface area contributed by atoms with Crippen molar-refractivity contribution < 1.29 is 9.59 Å². The molecule has 2 atom stereocenters. The molecule has 1 saturated carbocycles. The van der Waals surface area contributed by atoms with Crippen LogP contribution >= 0.6 is 0 Å². The van der Waals surface area contributed by atoms with Crippen LogP contribution in [0.15, 0.2) is 48.8 Å². The van der Waals surface area contributed by atoms with Gasteiger partial charge in [0.25, 0.3) is 5.91 Å². The number of nitrogens with zero attached hydrogens (tertiary/aromatic N) is 3. The molecule has 2 fully saturated rings. The van der Waals surface area contributed by atoms with E-state index in [1.165, 1.54) is 24.0 Å². The molecule has 2 aliphatic rings. The topological polar surface area (TPSA) is 91.6 Å². The minimum atomic E-state index is -0.507. The second-order valence-electron chi connectivity index (χ2n) is 8.90. The number of carbonyl (C=O) groups is 2. The normalized spacial score (nSPS) is 20.9. The van der Waals surface area contributed by atoms with E-state index in [0.717, 1.165) is 13.0 Å². The largest absolute Gasteiger partial charge is 0.353 e. The Morgan fingerprint density at radius 2 is 1.94 bits per heavy atom. The smallest absolute Gasteiger partial charge is 0.256 e. The first kappa shape index (κ1) is 22.4. The van der Waals surface area contributed by atoms with E-state index in [-0.39, 0.29) is 17.9 Å². The summed E-state index contributed by atoms with van der Waals surface area (Å²) in [6, 6.07) is 12.5. The predicted molar refractivity (Wildman–Crippen MR) is 124 cm³/mol. The molecule has 4 rings (SSSR count). The Bertz CT molecular complexity index is 914. The van der Waals surface area contributed by atoms with Gasteiger partial charge in [-0.25, -0.2) is 0 Å². The zero-order valence-corrected chi connectivity index (χ0v) is 18.7. The highest BCUT2D eigenvalue weighted by Gasteiger charge is 2.42. The van der Waals surface area contributed by atoms with E-state index in [9.17, 15) is 9.59 Å². The first-order chi connectivity index (χ1) is 15.6. The van der Waals surface area contributed by atoms with Gasteiger partial charge in [0, 0.05) is 50.7 Å². The van der Waals surface area contributed by atoms with Gasteiger partial charge in [-0.05, 0) is 50.3 Å². The van der Waals surface area contributed by atoms with Crippen molar-refractivity contribution >= 4 is 11.8 Å². The van der Waals surface area contributed by atoms with Crippen molar-refractivity contribution in [1.29, 1.82) is 0 Å². The fraction of sp³-hybridized carbons (Fsp3) is 0.480. The van der Waals surface area contributed by atoms with E-state index >= 15 is 0 Å². The molecule has 2 aromatic rings. The van der Waals surface area contributed by atoms with E-state index in [0.29, 0.717) is 37.7 Å². The number of likely N-dealkylation sites (tertiary alicyclic amines) is 1. The quantitative estimate of drug-likeness (QED) is 0.663. The number of hydrogen-bond acceptors (Lipinski definition) is 5. The monoisotopic (exact) mass is 435 g/mol. The number of nitrogens with two attached hydrogens (primary N) is 1. The van der Waals surface area contributed by atoms with Crippen molar-refractivity contribution in [3.63, 3.8) is 0 Å². The fourth-order valence-electron chi connectivity index (χ4n) is 4.57. The number of benzene rings is 1. The molecule has 0 radical (unpaired) electrons. The summed E-state index contributed by atoms with van der Waals surface area (Å²) in [6.07, 6.45) is 7.10. The van der Waals surface area contributed by atoms with Crippen LogP contribution in [0.5, 0.6) is 0 Å². The van der Waals surface area contributed by atoms with Crippen LogP contribution in [0.4, 0.5) is 0 Å². The predicted octanol–water partition coefficient (Wildman–Crippen LogP) is 2.10. The SMILES string of the molecule is Cc1ccc(CN(C2CC2)C2CCN(C(=O)c3cccnc3)[C@@H](C(=O)NCCN)C2)cc1. The number of nitrogens with one attached hydrogen (secondary N) is 1. The molecule has 1 aliphatic carbocycles. The number of carbonyl (C=O) groups excluding carboxylic acids is 2. The molecule has 170 valence electrons. The third-order valence-electron chi connectivity index (χ3n) is 6.46. The summed E-state index contributed by atoms with van der Waals surface area (Å²) in [6.45, 7) is 4.31. The molecule has 0 bridgehead atoms. The number of rotatable bonds is 8. The minimum absolute atomic E-state index is 0.122. The van der Waals surface area contributed by atoms with E-state index in [1.54, 1.807) is 29.4 Å². The van der Waals surface area contributed by atoms with Crippen LogP contribution in [0, 0.1) is 6.92 Å². The van der Waals surface area contributed by atoms with Gasteiger partial charge < -0.3 is 16.0 Å². The van der Waals surface area contributed by atoms with Crippen LogP contribution in [0.25, 0.3) is 0 Å². The second-order valence-corrected chi connectivity index (χ2v) is 8.90. The Balaban J connectivity index is 1.52. The first-order valence-electron chi connectivity index (χ1n) is 11.6. The molecule has 1 aromatic heterocycles. The lowest BCUT2D eigenvalue weighted by atomic mass is 9.93. The van der Waals surface area contributed by atoms with Gasteiger partial charge in [0.15, 0.2) is 0 Å². The summed E-state index contributed by atoms with van der Waals surface area (Å²) in [7, 11) is 0. The molecule has 1 aromatic carbocycles. The van der Waals surface area contributed by atoms with Crippen molar-refractivity contribution in [2.75, 3.05) is 19.6 Å². The summed E-state index contributed by atoms with van der Waals surface area (Å²) in [5.74, 6) is -0.260. The van der Waals surface area contributed by atoms with Gasteiger partial charge in [-0.2, -0.15) is 0 Å². The fourth-order valence-corrected chi connectivity index (χ4v) is 4.57. The molecular formula is C25H33N5O2. The number of aryl methyl sites for hydroxylation is 1. The Hall–Kier alpha value is -2.77. The van der Waals surface area contributed by atoms with Crippen molar-refractivity contribution in [3.8, 4) is 0 Å². The summed E-state index contributed by atoms with van der Waals surface area (Å²) < 4.78 is 0. The Labute approximate surface area is 190 Å². The Kier molecular flexibility index (Phi) is 7.17. The Morgan fingerprint density at radius 3 is 2.59 bits per heavy atom. The van der Waals surface area contributed by atoms with Crippen LogP contribution in [-0.4, -0.2) is 64.4 Å². The standard InChI is InChI=1S/C25H33N5O2/c1-18-4-6-19(7-5-18)17-30(21-8-9-21)22-10-14-29(23(15-22)24(31)28-13-11-26)25(32)20-3-2-12-27-16-20/h2-7,12,16,21-23H,8-11,13-15,17,26H2,1H3,(H,28,31)/t22?,23-/m1/s1. The molecule has 2 heterocycles. The van der Waals surface area contributed by atoms with E-state index in [1.807, 2.05) is 0 Å². The number of hydrogen-bond donors (Lipinski definition) is 2. The van der Waals surface area contributed by atoms with Crippen LogP contribution in [0.2, 0.25) is 0 Å². The highest BCUT2D eigenvalue weighted by Crippen LogP contribution is 2.35. The van der Waals surface area contributed by atoms with Crippen molar-refractivity contribution in [2.24, 2.45) is 5.73 Å². The molecule has 32 heavy (non-hydrogen) atoms. The average Bonchev–Trinajstić information content (AvgIpc) is 3.67. The molecule has 2 amide bonds. The van der Waals surface area contributed by atoms with Crippen LogP contribution in [0.1, 0.15) is 47.2 Å². The van der Waals surface area contributed by atoms with E-state index < -0.39 is 6.04 Å². The zero-order chi connectivity index (χ0) is 22.5. The molecule has 7 heteroatoms. The van der Waals surface area contributed by atoms with Crippen molar-refractivity contribution in [2.45, 2.75) is 57.3 Å². The number of pyridine rings is 1. The molecule has 1 saturated heterocycles. The molecule has 1 unspecified atom stereocenters. The summed E-state index contributed by atoms with van der Waals surface area (Å²) in [4.78, 5) is 34.6. The lowest BCUT2D eigenvalue weighted by Gasteiger charge is -2.43. The Morgan fingerprint density at radius 1 is 1.16 bits per heavy atom. The summed E-state index contributed by atoms with van der Waals surface area (Å²) in [5.41, 5.74) is 8.66. The van der Waals surface area contributed by atoms with Crippen molar-refractivity contribution in [3.05, 3.63) is 65.5 Å². The van der Waals surface area contributed by atoms with E-state index in [2.05, 4.69) is 46.4 Å². The maximum atomic E-state index is 13.2. The van der Waals surface area contributed by atoms with Gasteiger partial charge >= 0.3 is 0 Å². The maximum Gasteiger partial charge on any atom is 0.256 e. The molecule has 0 spiro atoms. The third-order valence-corrected chi connectivity index (χ3v) is 6.46. The lowest BCUT2D eigenvalue weighted by molar-refractivity contribution is -0.127. The second kappa shape index (κ2) is 10.2. The summed E-state index contributed by atoms with van der Waals surface area (Å²) >= 11 is 0. The van der Waals surface area contributed by atoms with Gasteiger partial charge in [0.2, 0.25) is 5.91 Å². The highest BCUT2D eigenvalue weighted by atomic mass is 16.2. The molecular weight excluding hydrogens is 402 g/mol. The van der Waals surface area contributed by atoms with Crippen molar-refractivity contribution in [1.82, 2.24) is 20.1 Å². The molecule has 7 nitrogen and oxygen atoms in total. The van der Waals surface area contributed by atoms with E-state index in [4.69, 9.17) is 5.73 Å². The van der Waals surface area contributed by atoms with Gasteiger partial charge in [-0.15, -0.1) is 0 Å². The summed E-state index contributed by atoms with van der Waals surface area (Å²) in [5, 5.41) is 2.91. The van der Waals surface area contributed by atoms with Gasteiger partial charge in [0.05, 0.1) is 5.56 Å². The minimum Gasteiger partial charge on any atom is -0.353 e. The number of piperidine rings is 1. The van der Waals surface area contributed by atoms with Crippen LogP contribution in [0.3, 0.4) is 0 Å². The molecule has 3 N–H and O–H groups in total. The average molecular weight is 436 g/mol. The number of amides is 2. The van der Waals surface area contributed by atoms with Gasteiger partial charge in [-0.3, -0.25) is 19.5 Å². The van der Waals surface area contributed by atoms with Crippen LogP contribution in [-0.2, 0) is 11.3 Å². The zero-order valence-electron chi connectivity index (χ0n) is 18.7.